The summed E-state index contributed by atoms with van der Waals surface area (Å²) in [7, 11) is 0. The van der Waals surface area contributed by atoms with Crippen LogP contribution in [0.5, 0.6) is 23.0 Å². The first-order valence-corrected chi connectivity index (χ1v) is 16.5. The van der Waals surface area contributed by atoms with Gasteiger partial charge in [-0.3, -0.25) is 0 Å². The van der Waals surface area contributed by atoms with Crippen molar-refractivity contribution in [1.29, 1.82) is 0 Å². The molecule has 0 unspecified atom stereocenters. The molecule has 2 aromatic heterocycles. The number of fused-ring (bicyclic) bond motifs is 12. The molecule has 3 nitrogen and oxygen atoms in total. The monoisotopic (exact) mass is 611 g/mol. The Kier molecular flexibility index (Phi) is 5.19. The lowest BCUT2D eigenvalue weighted by molar-refractivity contribution is 0.465. The minimum Gasteiger partial charge on any atom is -0.458 e. The minimum absolute atomic E-state index is 0.0593. The second kappa shape index (κ2) is 9.63. The predicted octanol–water partition coefficient (Wildman–Crippen LogP) is 9.46. The molecule has 0 radical (unpaired) electrons. The van der Waals surface area contributed by atoms with E-state index in [-0.39, 0.29) is 6.71 Å². The van der Waals surface area contributed by atoms with Crippen molar-refractivity contribution in [3.8, 4) is 45.3 Å². The molecule has 48 heavy (non-hydrogen) atoms. The van der Waals surface area contributed by atoms with Gasteiger partial charge in [-0.1, -0.05) is 121 Å². The second-order valence-electron chi connectivity index (χ2n) is 12.8. The van der Waals surface area contributed by atoms with Gasteiger partial charge in [0.1, 0.15) is 23.0 Å². The highest BCUT2D eigenvalue weighted by atomic mass is 16.5. The molecule has 11 rings (SSSR count). The third-order valence-corrected chi connectivity index (χ3v) is 10.3. The van der Waals surface area contributed by atoms with Crippen molar-refractivity contribution in [3.63, 3.8) is 0 Å². The summed E-state index contributed by atoms with van der Waals surface area (Å²) in [4.78, 5) is 0. The van der Waals surface area contributed by atoms with Gasteiger partial charge >= 0.3 is 0 Å². The normalized spacial score (nSPS) is 12.9. The maximum atomic E-state index is 6.64. The number of hydrogen-bond acceptors (Lipinski definition) is 2. The van der Waals surface area contributed by atoms with E-state index in [0.29, 0.717) is 0 Å². The van der Waals surface area contributed by atoms with Gasteiger partial charge < -0.3 is 13.9 Å². The van der Waals surface area contributed by atoms with Crippen LogP contribution in [0.3, 0.4) is 0 Å². The van der Waals surface area contributed by atoms with Gasteiger partial charge in [-0.2, -0.15) is 0 Å². The van der Waals surface area contributed by atoms with E-state index < -0.39 is 0 Å². The first-order valence-electron chi connectivity index (χ1n) is 16.5. The standard InChI is InChI=1S/C44H26BNO2/c1-2-12-27(13-3-1)42-33-23-22-28(24-37(33)46-36-19-9-6-15-31(36)30-14-4-5-16-32(30)44(42)46)29-25-40-43-41(26-29)48-39-21-11-8-18-35(39)45(43)34-17-7-10-20-38(34)47-40/h1-26H. The third kappa shape index (κ3) is 3.49. The number of nitrogens with zero attached hydrogens (tertiary/aromatic N) is 1. The van der Waals surface area contributed by atoms with E-state index in [4.69, 9.17) is 9.47 Å². The van der Waals surface area contributed by atoms with Crippen LogP contribution >= 0.6 is 0 Å². The predicted molar refractivity (Wildman–Crippen MR) is 198 cm³/mol. The molecule has 2 aliphatic rings. The summed E-state index contributed by atoms with van der Waals surface area (Å²) in [5, 5.41) is 4.97. The van der Waals surface area contributed by atoms with Crippen LogP contribution in [0.1, 0.15) is 0 Å². The smallest absolute Gasteiger partial charge is 0.260 e. The third-order valence-electron chi connectivity index (χ3n) is 10.3. The Morgan fingerprint density at radius 2 is 1.00 bits per heavy atom. The molecule has 0 amide bonds. The van der Waals surface area contributed by atoms with Crippen molar-refractivity contribution in [2.24, 2.45) is 0 Å². The molecule has 0 saturated carbocycles. The maximum Gasteiger partial charge on any atom is 0.260 e. The topological polar surface area (TPSA) is 22.9 Å². The van der Waals surface area contributed by atoms with Crippen LogP contribution in [0.2, 0.25) is 0 Å². The lowest BCUT2D eigenvalue weighted by atomic mass is 9.35. The van der Waals surface area contributed by atoms with Crippen molar-refractivity contribution in [2.75, 3.05) is 0 Å². The van der Waals surface area contributed by atoms with Gasteiger partial charge in [-0.15, -0.1) is 0 Å². The Balaban J connectivity index is 1.21. The van der Waals surface area contributed by atoms with E-state index in [2.05, 4.69) is 150 Å². The Morgan fingerprint density at radius 3 is 1.73 bits per heavy atom. The summed E-state index contributed by atoms with van der Waals surface area (Å²) in [5.41, 5.74) is 11.7. The zero-order chi connectivity index (χ0) is 31.3. The zero-order valence-electron chi connectivity index (χ0n) is 25.9. The van der Waals surface area contributed by atoms with Gasteiger partial charge in [0.05, 0.1) is 16.6 Å². The Bertz CT molecular complexity index is 2730. The molecular weight excluding hydrogens is 585 g/mol. The summed E-state index contributed by atoms with van der Waals surface area (Å²) in [6.45, 7) is 0.0593. The SMILES string of the molecule is c1ccc(-c2c3ccc(-c4cc5c6c(c4)Oc4ccccc4B6c4ccccc4O5)cc3n3c4ccccc4c4ccccc4c23)cc1. The van der Waals surface area contributed by atoms with Crippen LogP contribution in [0, 0.1) is 0 Å². The van der Waals surface area contributed by atoms with Gasteiger partial charge in [0.15, 0.2) is 0 Å². The minimum atomic E-state index is 0.0593. The number of pyridine rings is 1. The fourth-order valence-corrected chi connectivity index (χ4v) is 8.25. The van der Waals surface area contributed by atoms with Crippen LogP contribution in [-0.2, 0) is 0 Å². The first kappa shape index (κ1) is 25.9. The Hall–Kier alpha value is -6.26. The number of ether oxygens (including phenoxy) is 2. The van der Waals surface area contributed by atoms with E-state index in [1.54, 1.807) is 0 Å². The lowest BCUT2D eigenvalue weighted by Gasteiger charge is -2.33. The Morgan fingerprint density at radius 1 is 0.396 bits per heavy atom. The molecule has 2 aliphatic heterocycles. The number of benzene rings is 7. The fraction of sp³-hybridized carbons (Fsp3) is 0. The maximum absolute atomic E-state index is 6.64. The number of aromatic nitrogens is 1. The number of hydrogen-bond donors (Lipinski definition) is 0. The summed E-state index contributed by atoms with van der Waals surface area (Å²) in [6.07, 6.45) is 0. The molecule has 0 fully saturated rings. The van der Waals surface area contributed by atoms with E-state index in [1.807, 2.05) is 12.1 Å². The summed E-state index contributed by atoms with van der Waals surface area (Å²) < 4.78 is 15.8. The van der Waals surface area contributed by atoms with Crippen molar-refractivity contribution in [2.45, 2.75) is 0 Å². The molecule has 0 N–H and O–H groups in total. The summed E-state index contributed by atoms with van der Waals surface area (Å²) >= 11 is 0. The lowest BCUT2D eigenvalue weighted by Crippen LogP contribution is -2.57. The molecular formula is C44H26BNO2. The largest absolute Gasteiger partial charge is 0.458 e. The van der Waals surface area contributed by atoms with Crippen LogP contribution in [0.4, 0.5) is 0 Å². The zero-order valence-corrected chi connectivity index (χ0v) is 25.9. The molecule has 0 aliphatic carbocycles. The van der Waals surface area contributed by atoms with E-state index in [1.165, 1.54) is 60.1 Å². The van der Waals surface area contributed by atoms with Crippen LogP contribution in [-0.4, -0.2) is 11.1 Å². The highest BCUT2D eigenvalue weighted by Crippen LogP contribution is 2.44. The van der Waals surface area contributed by atoms with Crippen LogP contribution < -0.4 is 25.9 Å². The molecule has 4 heteroatoms. The van der Waals surface area contributed by atoms with Crippen LogP contribution in [0.15, 0.2) is 158 Å². The average Bonchev–Trinajstić information content (AvgIpc) is 3.50. The average molecular weight is 612 g/mol. The van der Waals surface area contributed by atoms with Crippen molar-refractivity contribution in [3.05, 3.63) is 158 Å². The Labute approximate surface area is 277 Å². The van der Waals surface area contributed by atoms with E-state index >= 15 is 0 Å². The van der Waals surface area contributed by atoms with Crippen molar-refractivity contribution >= 4 is 61.2 Å². The molecule has 0 atom stereocenters. The molecule has 0 saturated heterocycles. The van der Waals surface area contributed by atoms with Gasteiger partial charge in [0, 0.05) is 27.2 Å². The first-order chi connectivity index (χ1) is 23.8. The fourth-order valence-electron chi connectivity index (χ4n) is 8.25. The quantitative estimate of drug-likeness (QED) is 0.144. The van der Waals surface area contributed by atoms with E-state index in [9.17, 15) is 0 Å². The van der Waals surface area contributed by atoms with Crippen molar-refractivity contribution < 1.29 is 9.47 Å². The van der Waals surface area contributed by atoms with Crippen LogP contribution in [0.25, 0.3) is 60.3 Å². The van der Waals surface area contributed by atoms with Gasteiger partial charge in [0.25, 0.3) is 6.71 Å². The molecule has 9 aromatic rings. The van der Waals surface area contributed by atoms with Gasteiger partial charge in [-0.25, -0.2) is 0 Å². The molecule has 0 bridgehead atoms. The number of rotatable bonds is 2. The highest BCUT2D eigenvalue weighted by Gasteiger charge is 2.40. The van der Waals surface area contributed by atoms with E-state index in [0.717, 1.165) is 39.6 Å². The molecule has 0 spiro atoms. The van der Waals surface area contributed by atoms with Crippen molar-refractivity contribution in [1.82, 2.24) is 4.40 Å². The number of para-hydroxylation sites is 3. The summed E-state index contributed by atoms with van der Waals surface area (Å²) in [5.74, 6) is 3.49. The highest BCUT2D eigenvalue weighted by molar-refractivity contribution is 6.98. The molecule has 4 heterocycles. The van der Waals surface area contributed by atoms with Gasteiger partial charge in [0.2, 0.25) is 0 Å². The molecule has 7 aromatic carbocycles. The summed E-state index contributed by atoms with van der Waals surface area (Å²) in [6, 6.07) is 56.4. The molecule has 222 valence electrons. The second-order valence-corrected chi connectivity index (χ2v) is 12.8. The van der Waals surface area contributed by atoms with Gasteiger partial charge in [-0.05, 0) is 69.4 Å².